The van der Waals surface area contributed by atoms with Crippen molar-refractivity contribution in [1.29, 1.82) is 0 Å². The van der Waals surface area contributed by atoms with Crippen LogP contribution in [0, 0.1) is 69.8 Å². The van der Waals surface area contributed by atoms with Crippen LogP contribution in [0.15, 0.2) is 50.5 Å². The van der Waals surface area contributed by atoms with Crippen LogP contribution in [0.2, 0.25) is 0 Å². The Morgan fingerprint density at radius 1 is 0.385 bits per heavy atom. The Kier molecular flexibility index (Phi) is 28.5. The van der Waals surface area contributed by atoms with Gasteiger partial charge in [0.1, 0.15) is 0 Å². The van der Waals surface area contributed by atoms with Gasteiger partial charge in [-0.25, -0.2) is 0 Å². The average Bonchev–Trinajstić information content (AvgIpc) is 2.93. The number of aliphatic imine (C=N–C) groups is 3. The summed E-state index contributed by atoms with van der Waals surface area (Å²) in [5, 5.41) is 36.0. The Morgan fingerprint density at radius 2 is 0.558 bits per heavy atom. The summed E-state index contributed by atoms with van der Waals surface area (Å²) >= 11 is 0. The van der Waals surface area contributed by atoms with Crippen molar-refractivity contribution in [3.05, 3.63) is 35.5 Å². The minimum Gasteiger partial charge on any atom is -0.875 e. The van der Waals surface area contributed by atoms with Crippen molar-refractivity contribution in [2.45, 2.75) is 125 Å². The molecule has 0 aliphatic heterocycles. The van der Waals surface area contributed by atoms with Crippen molar-refractivity contribution < 1.29 is 66.8 Å². The quantitative estimate of drug-likeness (QED) is 0.115. The van der Waals surface area contributed by atoms with Crippen LogP contribution in [0.4, 0.5) is 0 Å². The van der Waals surface area contributed by atoms with E-state index >= 15 is 0 Å². The first-order valence-electron chi connectivity index (χ1n) is 18.1. The van der Waals surface area contributed by atoms with Gasteiger partial charge >= 0.3 is 37.3 Å². The number of hydrogen-bond acceptors (Lipinski definition) is 9. The van der Waals surface area contributed by atoms with Crippen molar-refractivity contribution >= 4 is 17.1 Å². The van der Waals surface area contributed by atoms with Crippen LogP contribution in [0.25, 0.3) is 0 Å². The molecule has 52 heavy (non-hydrogen) atoms. The standard InChI is InChI=1S/3C14H27NO2.Er/c3*1-13(2,3)11(15-8-9-17-7)10-12(16)14(4,5)6;/h3*10,16H,8-9H2,1-7H3;/q;;;+3/p-3/b3*12-10-,15-11?;. The van der Waals surface area contributed by atoms with Gasteiger partial charge in [0.2, 0.25) is 0 Å². The number of hydrogen-bond donors (Lipinski definition) is 0. The predicted octanol–water partition coefficient (Wildman–Crippen LogP) is 7.23. The smallest absolute Gasteiger partial charge is 0.875 e. The summed E-state index contributed by atoms with van der Waals surface area (Å²) in [5.41, 5.74) is 1.12. The van der Waals surface area contributed by atoms with Gasteiger partial charge in [0.25, 0.3) is 0 Å². The summed E-state index contributed by atoms with van der Waals surface area (Å²) in [5.74, 6) is 0.343. The Balaban J connectivity index is -0.000000329. The van der Waals surface area contributed by atoms with Crippen molar-refractivity contribution in [3.8, 4) is 0 Å². The fourth-order valence-corrected chi connectivity index (χ4v) is 3.29. The molecule has 0 heterocycles. The molecule has 10 heteroatoms. The van der Waals surface area contributed by atoms with Gasteiger partial charge in [-0.2, -0.15) is 0 Å². The van der Waals surface area contributed by atoms with Crippen LogP contribution in [0.1, 0.15) is 125 Å². The average molecular weight is 888 g/mol. The largest absolute Gasteiger partial charge is 3.00 e. The third-order valence-corrected chi connectivity index (χ3v) is 7.06. The zero-order valence-corrected chi connectivity index (χ0v) is 38.9. The molecule has 1 radical (unpaired) electrons. The molecule has 0 bridgehead atoms. The summed E-state index contributed by atoms with van der Waals surface area (Å²) in [6, 6.07) is 0. The van der Waals surface area contributed by atoms with Gasteiger partial charge in [0.15, 0.2) is 0 Å². The minimum atomic E-state index is -0.354. The third-order valence-electron chi connectivity index (χ3n) is 7.06. The van der Waals surface area contributed by atoms with E-state index in [0.29, 0.717) is 39.5 Å². The summed E-state index contributed by atoms with van der Waals surface area (Å²) in [6.07, 6.45) is 5.03. The van der Waals surface area contributed by atoms with E-state index < -0.39 is 0 Å². The van der Waals surface area contributed by atoms with Gasteiger partial charge in [0.05, 0.1) is 39.5 Å². The molecule has 0 rings (SSSR count). The summed E-state index contributed by atoms with van der Waals surface area (Å²) in [6.45, 7) is 39.3. The first-order chi connectivity index (χ1) is 22.8. The van der Waals surface area contributed by atoms with E-state index in [0.717, 1.165) is 17.1 Å². The molecule has 0 aromatic carbocycles. The molecular weight excluding hydrogens is 810 g/mol. The molecule has 9 nitrogen and oxygen atoms in total. The van der Waals surface area contributed by atoms with E-state index in [9.17, 15) is 15.3 Å². The molecule has 0 aromatic heterocycles. The molecule has 0 saturated heterocycles. The fraction of sp³-hybridized carbons (Fsp3) is 0.786. The first-order valence-corrected chi connectivity index (χ1v) is 18.1. The van der Waals surface area contributed by atoms with E-state index in [-0.39, 0.29) is 87.1 Å². The monoisotopic (exact) mass is 887 g/mol. The van der Waals surface area contributed by atoms with Gasteiger partial charge in [-0.1, -0.05) is 143 Å². The van der Waals surface area contributed by atoms with Crippen LogP contribution in [0.5, 0.6) is 0 Å². The minimum absolute atomic E-state index is 0. The SMILES string of the molecule is COCCN=C(/C=C(\[O-])C(C)(C)C)C(C)(C)C.COCCN=C(/C=C(\[O-])C(C)(C)C)C(C)(C)C.COCCN=C(/C=C(\[O-])C(C)(C)C)C(C)(C)C.[Er+3]. The maximum absolute atomic E-state index is 12.0. The molecule has 0 amide bonds. The first kappa shape index (κ1) is 57.5. The van der Waals surface area contributed by atoms with Crippen LogP contribution < -0.4 is 15.3 Å². The molecule has 0 aromatic rings. The molecular formula is C42H78ErN3O6. The second kappa shape index (κ2) is 25.8. The Hall–Kier alpha value is -1.24. The van der Waals surface area contributed by atoms with Crippen LogP contribution >= 0.6 is 0 Å². The normalized spacial score (nSPS) is 14.9. The molecule has 0 saturated carbocycles. The summed E-state index contributed by atoms with van der Waals surface area (Å²) in [7, 11) is 4.95. The number of allylic oxidation sites excluding steroid dienone is 6. The fourth-order valence-electron chi connectivity index (χ4n) is 3.29. The Labute approximate surface area is 350 Å². The van der Waals surface area contributed by atoms with Gasteiger partial charge in [-0.15, -0.1) is 17.3 Å². The number of rotatable bonds is 12. The second-order valence-corrected chi connectivity index (χ2v) is 18.8. The summed E-state index contributed by atoms with van der Waals surface area (Å²) in [4.78, 5) is 13.4. The van der Waals surface area contributed by atoms with Crippen LogP contribution in [-0.2, 0) is 14.2 Å². The number of ether oxygens (including phenoxy) is 3. The van der Waals surface area contributed by atoms with E-state index in [4.69, 9.17) is 14.2 Å². The van der Waals surface area contributed by atoms with Crippen molar-refractivity contribution in [2.24, 2.45) is 47.5 Å². The van der Waals surface area contributed by atoms with E-state index in [1.807, 2.05) is 62.3 Å². The topological polar surface area (TPSA) is 134 Å². The molecule has 0 N–H and O–H groups in total. The number of methoxy groups -OCH3 is 3. The van der Waals surface area contributed by atoms with Crippen molar-refractivity contribution in [1.82, 2.24) is 0 Å². The zero-order chi connectivity index (χ0) is 41.1. The molecule has 0 atom stereocenters. The second-order valence-electron chi connectivity index (χ2n) is 18.8. The molecule has 0 spiro atoms. The van der Waals surface area contributed by atoms with Gasteiger partial charge in [-0.05, 0) is 16.2 Å². The van der Waals surface area contributed by atoms with Gasteiger partial charge < -0.3 is 29.5 Å². The van der Waals surface area contributed by atoms with E-state index in [1.165, 1.54) is 0 Å². The van der Waals surface area contributed by atoms with Gasteiger partial charge in [-0.3, -0.25) is 15.0 Å². The van der Waals surface area contributed by atoms with Crippen molar-refractivity contribution in [2.75, 3.05) is 60.8 Å². The molecule has 0 unspecified atom stereocenters. The summed E-state index contributed by atoms with van der Waals surface area (Å²) < 4.78 is 14.9. The third kappa shape index (κ3) is 29.2. The van der Waals surface area contributed by atoms with Crippen LogP contribution in [0.3, 0.4) is 0 Å². The number of nitrogens with zero attached hydrogens (tertiary/aromatic N) is 3. The van der Waals surface area contributed by atoms with Crippen LogP contribution in [-0.4, -0.2) is 77.9 Å². The Bertz CT molecular complexity index is 1030. The molecule has 309 valence electrons. The Morgan fingerprint density at radius 3 is 0.673 bits per heavy atom. The van der Waals surface area contributed by atoms with Gasteiger partial charge in [0, 0.05) is 54.7 Å². The maximum Gasteiger partial charge on any atom is 3.00 e. The van der Waals surface area contributed by atoms with E-state index in [1.54, 1.807) is 39.6 Å². The predicted molar refractivity (Wildman–Crippen MR) is 214 cm³/mol. The molecule has 0 fully saturated rings. The molecule has 0 aliphatic rings. The zero-order valence-electron chi connectivity index (χ0n) is 37.1. The van der Waals surface area contributed by atoms with E-state index in [2.05, 4.69) is 77.3 Å². The van der Waals surface area contributed by atoms with Crippen molar-refractivity contribution in [3.63, 3.8) is 0 Å². The molecule has 0 aliphatic carbocycles. The maximum atomic E-state index is 12.0.